The number of aromatic nitrogens is 2. The van der Waals surface area contributed by atoms with Crippen molar-refractivity contribution < 1.29 is 9.53 Å². The van der Waals surface area contributed by atoms with E-state index in [1.54, 1.807) is 0 Å². The van der Waals surface area contributed by atoms with E-state index in [0.29, 0.717) is 6.61 Å². The van der Waals surface area contributed by atoms with Gasteiger partial charge in [0.25, 0.3) is 0 Å². The number of hydrogen-bond acceptors (Lipinski definition) is 5. The first-order chi connectivity index (χ1) is 11.6. The maximum atomic E-state index is 12.3. The number of carbonyl (C=O) groups is 1. The monoisotopic (exact) mass is 330 g/mol. The van der Waals surface area contributed by atoms with Crippen LogP contribution in [0.5, 0.6) is 0 Å². The molecular formula is C18H26N4O2. The third-order valence-corrected chi connectivity index (χ3v) is 5.57. The van der Waals surface area contributed by atoms with Gasteiger partial charge in [-0.3, -0.25) is 4.79 Å². The van der Waals surface area contributed by atoms with E-state index in [2.05, 4.69) is 20.2 Å². The van der Waals surface area contributed by atoms with Gasteiger partial charge in [-0.05, 0) is 50.5 Å². The van der Waals surface area contributed by atoms with Gasteiger partial charge >= 0.3 is 0 Å². The lowest BCUT2D eigenvalue weighted by atomic mass is 9.85. The molecule has 2 aliphatic heterocycles. The Morgan fingerprint density at radius 2 is 2.04 bits per heavy atom. The van der Waals surface area contributed by atoms with Crippen LogP contribution in [0.15, 0.2) is 12.4 Å². The first kappa shape index (κ1) is 15.8. The van der Waals surface area contributed by atoms with E-state index in [-0.39, 0.29) is 17.4 Å². The highest BCUT2D eigenvalue weighted by Crippen LogP contribution is 2.39. The Morgan fingerprint density at radius 1 is 1.33 bits per heavy atom. The van der Waals surface area contributed by atoms with Crippen molar-refractivity contribution in [1.29, 1.82) is 0 Å². The Hall–Kier alpha value is -1.69. The zero-order valence-electron chi connectivity index (χ0n) is 14.3. The number of nitrogens with one attached hydrogen (secondary N) is 1. The van der Waals surface area contributed by atoms with Crippen molar-refractivity contribution in [3.8, 4) is 0 Å². The van der Waals surface area contributed by atoms with Gasteiger partial charge in [0, 0.05) is 32.0 Å². The Morgan fingerprint density at radius 3 is 2.71 bits per heavy atom. The van der Waals surface area contributed by atoms with Gasteiger partial charge < -0.3 is 15.0 Å². The third-order valence-electron chi connectivity index (χ3n) is 5.57. The van der Waals surface area contributed by atoms with Gasteiger partial charge in [-0.2, -0.15) is 0 Å². The molecule has 1 aliphatic carbocycles. The number of anilines is 1. The molecule has 130 valence electrons. The lowest BCUT2D eigenvalue weighted by molar-refractivity contribution is -0.125. The highest BCUT2D eigenvalue weighted by Gasteiger charge is 2.45. The summed E-state index contributed by atoms with van der Waals surface area (Å²) < 4.78 is 6.11. The molecule has 1 unspecified atom stereocenters. The molecule has 1 spiro atoms. The van der Waals surface area contributed by atoms with Gasteiger partial charge in [0.05, 0.1) is 18.1 Å². The standard InChI is InChI=1S/C18H26N4O2/c1-13-9-20-17(21-10-13)22-6-4-18(5-7-22)8-15(12-24-18)16(23)19-11-14-2-3-14/h9-10,14-15H,2-8,11-12H2,1H3,(H,19,23). The molecule has 2 saturated heterocycles. The summed E-state index contributed by atoms with van der Waals surface area (Å²) in [7, 11) is 0. The van der Waals surface area contributed by atoms with E-state index in [9.17, 15) is 4.79 Å². The maximum Gasteiger partial charge on any atom is 0.225 e. The van der Waals surface area contributed by atoms with E-state index in [1.165, 1.54) is 12.8 Å². The fourth-order valence-corrected chi connectivity index (χ4v) is 3.74. The Bertz CT molecular complexity index is 592. The minimum Gasteiger partial charge on any atom is -0.374 e. The average Bonchev–Trinajstić information content (AvgIpc) is 3.35. The second-order valence-electron chi connectivity index (χ2n) is 7.63. The number of piperidine rings is 1. The summed E-state index contributed by atoms with van der Waals surface area (Å²) in [5, 5.41) is 3.10. The van der Waals surface area contributed by atoms with Crippen molar-refractivity contribution in [2.75, 3.05) is 31.1 Å². The zero-order chi connectivity index (χ0) is 16.6. The lowest BCUT2D eigenvalue weighted by Crippen LogP contribution is -2.45. The van der Waals surface area contributed by atoms with Gasteiger partial charge in [0.15, 0.2) is 0 Å². The van der Waals surface area contributed by atoms with Crippen LogP contribution in [0.2, 0.25) is 0 Å². The number of hydrogen-bond donors (Lipinski definition) is 1. The van der Waals surface area contributed by atoms with Crippen molar-refractivity contribution in [2.24, 2.45) is 11.8 Å². The predicted octanol–water partition coefficient (Wildman–Crippen LogP) is 1.69. The molecule has 3 fully saturated rings. The molecule has 6 nitrogen and oxygen atoms in total. The molecule has 4 rings (SSSR count). The molecule has 0 bridgehead atoms. The number of nitrogens with zero attached hydrogens (tertiary/aromatic N) is 3. The number of amides is 1. The molecule has 1 amide bonds. The largest absolute Gasteiger partial charge is 0.374 e. The molecular weight excluding hydrogens is 304 g/mol. The molecule has 1 aromatic heterocycles. The quantitative estimate of drug-likeness (QED) is 0.910. The summed E-state index contributed by atoms with van der Waals surface area (Å²) in [6.45, 7) is 5.19. The molecule has 1 aromatic rings. The Balaban J connectivity index is 1.30. The van der Waals surface area contributed by atoms with Crippen LogP contribution in [0.3, 0.4) is 0 Å². The highest BCUT2D eigenvalue weighted by atomic mass is 16.5. The second kappa shape index (κ2) is 6.31. The van der Waals surface area contributed by atoms with Gasteiger partial charge in [-0.15, -0.1) is 0 Å². The topological polar surface area (TPSA) is 67.4 Å². The predicted molar refractivity (Wildman–Crippen MR) is 90.7 cm³/mol. The van der Waals surface area contributed by atoms with Gasteiger partial charge in [-0.1, -0.05) is 0 Å². The Kier molecular flexibility index (Phi) is 4.16. The van der Waals surface area contributed by atoms with E-state index >= 15 is 0 Å². The van der Waals surface area contributed by atoms with Crippen LogP contribution in [0, 0.1) is 18.8 Å². The van der Waals surface area contributed by atoms with Crippen LogP contribution in [0.4, 0.5) is 5.95 Å². The van der Waals surface area contributed by atoms with Crippen molar-refractivity contribution in [3.63, 3.8) is 0 Å². The molecule has 1 N–H and O–H groups in total. The lowest BCUT2D eigenvalue weighted by Gasteiger charge is -2.38. The molecule has 0 aromatic carbocycles. The second-order valence-corrected chi connectivity index (χ2v) is 7.63. The number of rotatable bonds is 4. The fraction of sp³-hybridized carbons (Fsp3) is 0.722. The number of aryl methyl sites for hydroxylation is 1. The van der Waals surface area contributed by atoms with E-state index in [0.717, 1.165) is 56.3 Å². The van der Waals surface area contributed by atoms with E-state index in [4.69, 9.17) is 4.74 Å². The van der Waals surface area contributed by atoms with Crippen LogP contribution in [-0.4, -0.2) is 47.7 Å². The molecule has 1 saturated carbocycles. The molecule has 6 heteroatoms. The fourth-order valence-electron chi connectivity index (χ4n) is 3.74. The molecule has 24 heavy (non-hydrogen) atoms. The summed E-state index contributed by atoms with van der Waals surface area (Å²) >= 11 is 0. The normalized spacial score (nSPS) is 25.9. The van der Waals surface area contributed by atoms with E-state index < -0.39 is 0 Å². The molecule has 0 radical (unpaired) electrons. The third kappa shape index (κ3) is 3.38. The smallest absolute Gasteiger partial charge is 0.225 e. The first-order valence-corrected chi connectivity index (χ1v) is 9.09. The summed E-state index contributed by atoms with van der Waals surface area (Å²) in [4.78, 5) is 23.4. The molecule has 3 aliphatic rings. The van der Waals surface area contributed by atoms with Crippen LogP contribution >= 0.6 is 0 Å². The highest BCUT2D eigenvalue weighted by molar-refractivity contribution is 5.79. The Labute approximate surface area is 143 Å². The summed E-state index contributed by atoms with van der Waals surface area (Å²) in [6.07, 6.45) is 8.99. The average molecular weight is 330 g/mol. The van der Waals surface area contributed by atoms with Crippen LogP contribution < -0.4 is 10.2 Å². The minimum atomic E-state index is -0.122. The van der Waals surface area contributed by atoms with Crippen molar-refractivity contribution in [1.82, 2.24) is 15.3 Å². The van der Waals surface area contributed by atoms with Gasteiger partial charge in [0.1, 0.15) is 0 Å². The van der Waals surface area contributed by atoms with Crippen molar-refractivity contribution in [3.05, 3.63) is 18.0 Å². The summed E-state index contributed by atoms with van der Waals surface area (Å²) in [6, 6.07) is 0. The number of ether oxygens (including phenoxy) is 1. The maximum absolute atomic E-state index is 12.3. The minimum absolute atomic E-state index is 0.0194. The van der Waals surface area contributed by atoms with E-state index in [1.807, 2.05) is 19.3 Å². The van der Waals surface area contributed by atoms with Crippen LogP contribution in [0.25, 0.3) is 0 Å². The molecule has 1 atom stereocenters. The first-order valence-electron chi connectivity index (χ1n) is 9.09. The molecule has 3 heterocycles. The van der Waals surface area contributed by atoms with Crippen LogP contribution in [-0.2, 0) is 9.53 Å². The van der Waals surface area contributed by atoms with Gasteiger partial charge in [0.2, 0.25) is 11.9 Å². The number of carbonyl (C=O) groups excluding carboxylic acids is 1. The van der Waals surface area contributed by atoms with Crippen molar-refractivity contribution in [2.45, 2.75) is 44.6 Å². The zero-order valence-corrected chi connectivity index (χ0v) is 14.3. The van der Waals surface area contributed by atoms with Gasteiger partial charge in [-0.25, -0.2) is 9.97 Å². The summed E-state index contributed by atoms with van der Waals surface area (Å²) in [5.74, 6) is 1.73. The van der Waals surface area contributed by atoms with Crippen LogP contribution in [0.1, 0.15) is 37.7 Å². The summed E-state index contributed by atoms with van der Waals surface area (Å²) in [5.41, 5.74) is 0.953. The van der Waals surface area contributed by atoms with Crippen molar-refractivity contribution >= 4 is 11.9 Å². The SMILES string of the molecule is Cc1cnc(N2CCC3(CC2)CC(C(=O)NCC2CC2)CO3)nc1.